The number of amidine groups is 1. The largest absolute Gasteiger partial charge is 0.520 e. The average molecular weight is 252 g/mol. The minimum atomic E-state index is -3.46. The zero-order valence-corrected chi connectivity index (χ0v) is 11.7. The molecule has 0 radical (unpaired) electrons. The van der Waals surface area contributed by atoms with Crippen LogP contribution >= 0.6 is 7.82 Å². The maximum atomic E-state index is 12.0. The number of hydroxylamine groups is 3. The zero-order valence-electron chi connectivity index (χ0n) is 10.8. The van der Waals surface area contributed by atoms with Crippen molar-refractivity contribution in [3.8, 4) is 0 Å². The van der Waals surface area contributed by atoms with Gasteiger partial charge in [0.05, 0.1) is 6.92 Å². The van der Waals surface area contributed by atoms with Crippen LogP contribution in [0.1, 0.15) is 13.8 Å². The smallest absolute Gasteiger partial charge is 0.287 e. The fraction of sp³-hybridized carbons (Fsp3) is 0.889. The Morgan fingerprint density at radius 3 is 2.25 bits per heavy atom. The first-order valence-corrected chi connectivity index (χ1v) is 6.59. The summed E-state index contributed by atoms with van der Waals surface area (Å²) in [6.45, 7) is 4.74. The number of hydrogen-bond acceptors (Lipinski definition) is 4. The van der Waals surface area contributed by atoms with E-state index >= 15 is 0 Å². The topological polar surface area (TPSA) is 47.8 Å². The summed E-state index contributed by atoms with van der Waals surface area (Å²) in [6.07, 6.45) is 0. The van der Waals surface area contributed by atoms with Gasteiger partial charge in [0.2, 0.25) is 6.04 Å². The number of rotatable bonds is 4. The van der Waals surface area contributed by atoms with Crippen LogP contribution < -0.4 is 0 Å². The lowest BCUT2D eigenvalue weighted by atomic mass is 10.3. The van der Waals surface area contributed by atoms with Gasteiger partial charge < -0.3 is 0 Å². The molecule has 0 spiro atoms. The van der Waals surface area contributed by atoms with Crippen LogP contribution in [0.3, 0.4) is 0 Å². The molecule has 0 fully saturated rings. The van der Waals surface area contributed by atoms with Gasteiger partial charge >= 0.3 is 13.7 Å². The van der Waals surface area contributed by atoms with E-state index in [4.69, 9.17) is 13.7 Å². The Morgan fingerprint density at radius 2 is 1.94 bits per heavy atom. The fourth-order valence-corrected chi connectivity index (χ4v) is 2.77. The van der Waals surface area contributed by atoms with Crippen LogP contribution in [0.2, 0.25) is 0 Å². The normalized spacial score (nSPS) is 31.2. The van der Waals surface area contributed by atoms with Crippen molar-refractivity contribution in [1.29, 1.82) is 0 Å². The molecule has 0 saturated carbocycles. The maximum Gasteiger partial charge on any atom is 0.520 e. The van der Waals surface area contributed by atoms with E-state index < -0.39 is 7.82 Å². The second kappa shape index (κ2) is 4.55. The van der Waals surface area contributed by atoms with Gasteiger partial charge in [0.25, 0.3) is 0 Å². The SMILES string of the molecule is COP(=O)(OC)O[N+]1(C)CC(C)[N+](C)=C1C. The highest BCUT2D eigenvalue weighted by molar-refractivity contribution is 7.48. The van der Waals surface area contributed by atoms with Crippen LogP contribution in [0.4, 0.5) is 0 Å². The van der Waals surface area contributed by atoms with Gasteiger partial charge in [-0.2, -0.15) is 4.58 Å². The Bertz CT molecular complexity index is 349. The first-order chi connectivity index (χ1) is 7.28. The van der Waals surface area contributed by atoms with E-state index in [0.717, 1.165) is 5.84 Å². The number of phosphoric acid groups is 1. The second-order valence-corrected chi connectivity index (χ2v) is 5.97. The quantitative estimate of drug-likeness (QED) is 0.429. The molecular formula is C9H21N2O4P+2. The van der Waals surface area contributed by atoms with E-state index in [1.54, 1.807) is 0 Å². The van der Waals surface area contributed by atoms with Crippen LogP contribution in [0.25, 0.3) is 0 Å². The molecule has 6 nitrogen and oxygen atoms in total. The summed E-state index contributed by atoms with van der Waals surface area (Å²) in [5.41, 5.74) is 0. The second-order valence-electron chi connectivity index (χ2n) is 4.18. The molecule has 0 bridgehead atoms. The predicted molar refractivity (Wildman–Crippen MR) is 60.1 cm³/mol. The Balaban J connectivity index is 2.94. The van der Waals surface area contributed by atoms with Gasteiger partial charge in [-0.3, -0.25) is 9.05 Å². The van der Waals surface area contributed by atoms with Crippen molar-refractivity contribution >= 4 is 13.7 Å². The summed E-state index contributed by atoms with van der Waals surface area (Å²) >= 11 is 0. The third-order valence-corrected chi connectivity index (χ3v) is 4.65. The minimum absolute atomic E-state index is 0.122. The van der Waals surface area contributed by atoms with Crippen LogP contribution in [-0.2, 0) is 18.2 Å². The number of quaternary nitrogens is 1. The lowest BCUT2D eigenvalue weighted by Gasteiger charge is -2.24. The zero-order chi connectivity index (χ0) is 12.6. The molecule has 16 heavy (non-hydrogen) atoms. The van der Waals surface area contributed by atoms with Crippen molar-refractivity contribution in [2.45, 2.75) is 19.9 Å². The first-order valence-electron chi connectivity index (χ1n) is 5.13. The van der Waals surface area contributed by atoms with Crippen molar-refractivity contribution in [1.82, 2.24) is 0 Å². The standard InChI is InChI=1S/C9H21N2O4P/c1-8-7-11(4,9(2)10(8)3)15-16(12,13-5)14-6/h8H,7H2,1-6H3/q+2. The van der Waals surface area contributed by atoms with Gasteiger partial charge in [-0.15, -0.1) is 0 Å². The van der Waals surface area contributed by atoms with E-state index in [1.165, 1.54) is 14.2 Å². The Labute approximate surface area is 96.6 Å². The molecular weight excluding hydrogens is 231 g/mol. The summed E-state index contributed by atoms with van der Waals surface area (Å²) in [7, 11) is 3.00. The maximum absolute atomic E-state index is 12.0. The fourth-order valence-electron chi connectivity index (χ4n) is 1.87. The lowest BCUT2D eigenvalue weighted by Crippen LogP contribution is -2.46. The molecule has 0 aromatic rings. The van der Waals surface area contributed by atoms with Crippen molar-refractivity contribution in [3.05, 3.63) is 0 Å². The summed E-state index contributed by atoms with van der Waals surface area (Å²) in [5.74, 6) is 0.974. The molecule has 94 valence electrons. The van der Waals surface area contributed by atoms with Crippen molar-refractivity contribution < 1.29 is 27.5 Å². The molecule has 2 atom stereocenters. The third-order valence-electron chi connectivity index (χ3n) is 3.20. The van der Waals surface area contributed by atoms with E-state index in [1.807, 2.05) is 21.0 Å². The Morgan fingerprint density at radius 1 is 1.44 bits per heavy atom. The van der Waals surface area contributed by atoms with Gasteiger partial charge in [-0.1, -0.05) is 9.27 Å². The van der Waals surface area contributed by atoms with E-state index in [-0.39, 0.29) is 4.65 Å². The van der Waals surface area contributed by atoms with Gasteiger partial charge in [0.15, 0.2) is 6.54 Å². The number of hydrogen-bond donors (Lipinski definition) is 0. The predicted octanol–water partition coefficient (Wildman–Crippen LogP) is 1.23. The Kier molecular flexibility index (Phi) is 3.92. The molecule has 2 unspecified atom stereocenters. The highest BCUT2D eigenvalue weighted by Gasteiger charge is 2.51. The van der Waals surface area contributed by atoms with Crippen LogP contribution in [0.15, 0.2) is 0 Å². The van der Waals surface area contributed by atoms with E-state index in [9.17, 15) is 4.57 Å². The molecule has 1 aliphatic heterocycles. The summed E-state index contributed by atoms with van der Waals surface area (Å²) < 4.78 is 29.3. The van der Waals surface area contributed by atoms with Crippen molar-refractivity contribution in [2.24, 2.45) is 0 Å². The summed E-state index contributed by atoms with van der Waals surface area (Å²) in [6, 6.07) is 0.326. The molecule has 0 N–H and O–H groups in total. The van der Waals surface area contributed by atoms with Crippen LogP contribution in [0.5, 0.6) is 0 Å². The molecule has 0 amide bonds. The van der Waals surface area contributed by atoms with Crippen LogP contribution in [-0.4, -0.2) is 56.0 Å². The van der Waals surface area contributed by atoms with Gasteiger partial charge in [0.1, 0.15) is 14.1 Å². The van der Waals surface area contributed by atoms with Crippen LogP contribution in [0, 0.1) is 0 Å². The first kappa shape index (κ1) is 13.8. The molecule has 1 heterocycles. The molecule has 0 aliphatic carbocycles. The molecule has 0 aromatic heterocycles. The molecule has 0 saturated heterocycles. The van der Waals surface area contributed by atoms with E-state index in [0.29, 0.717) is 12.6 Å². The third kappa shape index (κ3) is 2.36. The monoisotopic (exact) mass is 252 g/mol. The molecule has 1 aliphatic rings. The number of likely N-dealkylation sites (N-methyl/N-ethyl adjacent to an activating group) is 2. The number of nitrogens with zero attached hydrogens (tertiary/aromatic N) is 2. The average Bonchev–Trinajstić information content (AvgIpc) is 2.43. The van der Waals surface area contributed by atoms with Gasteiger partial charge in [-0.05, 0) is 0 Å². The highest BCUT2D eigenvalue weighted by atomic mass is 31.2. The molecule has 1 rings (SSSR count). The molecule has 0 aromatic carbocycles. The lowest BCUT2D eigenvalue weighted by molar-refractivity contribution is -0.992. The Hall–Kier alpha value is -0.260. The summed E-state index contributed by atoms with van der Waals surface area (Å²) in [4.78, 5) is 0. The van der Waals surface area contributed by atoms with Gasteiger partial charge in [0, 0.05) is 21.1 Å². The summed E-state index contributed by atoms with van der Waals surface area (Å²) in [5, 5.41) is 0. The minimum Gasteiger partial charge on any atom is -0.287 e. The van der Waals surface area contributed by atoms with Crippen molar-refractivity contribution in [3.63, 3.8) is 0 Å². The highest BCUT2D eigenvalue weighted by Crippen LogP contribution is 2.50. The molecule has 7 heteroatoms. The van der Waals surface area contributed by atoms with Crippen molar-refractivity contribution in [2.75, 3.05) is 34.9 Å². The van der Waals surface area contributed by atoms with Gasteiger partial charge in [-0.25, -0.2) is 4.57 Å². The van der Waals surface area contributed by atoms with E-state index in [2.05, 4.69) is 11.5 Å². The number of phosphoric ester groups is 1.